The summed E-state index contributed by atoms with van der Waals surface area (Å²) >= 11 is 0. The van der Waals surface area contributed by atoms with Gasteiger partial charge in [0.05, 0.1) is 11.6 Å². The summed E-state index contributed by atoms with van der Waals surface area (Å²) in [5.74, 6) is -2.47. The van der Waals surface area contributed by atoms with E-state index in [2.05, 4.69) is 4.98 Å². The van der Waals surface area contributed by atoms with Crippen molar-refractivity contribution in [3.05, 3.63) is 41.2 Å². The fourth-order valence-electron chi connectivity index (χ4n) is 3.04. The van der Waals surface area contributed by atoms with Crippen LogP contribution in [-0.2, 0) is 11.3 Å². The van der Waals surface area contributed by atoms with Gasteiger partial charge in [0.25, 0.3) is 0 Å². The lowest BCUT2D eigenvalue weighted by Crippen LogP contribution is -2.24. The van der Waals surface area contributed by atoms with Gasteiger partial charge in [0.15, 0.2) is 5.69 Å². The van der Waals surface area contributed by atoms with Crippen molar-refractivity contribution in [1.29, 1.82) is 0 Å². The van der Waals surface area contributed by atoms with Crippen LogP contribution in [0, 0.1) is 6.92 Å². The minimum atomic E-state index is -1.18. The molecule has 0 aliphatic carbocycles. The van der Waals surface area contributed by atoms with E-state index in [-0.39, 0.29) is 5.69 Å². The van der Waals surface area contributed by atoms with Crippen molar-refractivity contribution in [3.8, 4) is 11.4 Å². The monoisotopic (exact) mass is 300 g/mol. The minimum absolute atomic E-state index is 0.149. The summed E-state index contributed by atoms with van der Waals surface area (Å²) in [4.78, 5) is 27.2. The highest BCUT2D eigenvalue weighted by molar-refractivity contribution is 5.91. The molecule has 22 heavy (non-hydrogen) atoms. The second-order valence-electron chi connectivity index (χ2n) is 5.53. The molecule has 1 aromatic carbocycles. The van der Waals surface area contributed by atoms with Crippen LogP contribution in [0.3, 0.4) is 0 Å². The lowest BCUT2D eigenvalue weighted by molar-refractivity contribution is -0.139. The molecule has 1 aliphatic heterocycles. The number of aromatic nitrogens is 2. The van der Waals surface area contributed by atoms with Crippen LogP contribution in [0.2, 0.25) is 0 Å². The largest absolute Gasteiger partial charge is 0.481 e. The summed E-state index contributed by atoms with van der Waals surface area (Å²) in [7, 11) is 0. The van der Waals surface area contributed by atoms with Gasteiger partial charge in [-0.25, -0.2) is 9.78 Å². The second kappa shape index (κ2) is 5.29. The first kappa shape index (κ1) is 14.3. The first-order chi connectivity index (χ1) is 10.5. The molecule has 1 atom stereocenters. The first-order valence-electron chi connectivity index (χ1n) is 7.12. The predicted molar refractivity (Wildman–Crippen MR) is 79.0 cm³/mol. The minimum Gasteiger partial charge on any atom is -0.481 e. The van der Waals surface area contributed by atoms with E-state index < -0.39 is 17.9 Å². The Bertz CT molecular complexity index is 764. The molecule has 1 unspecified atom stereocenters. The maximum absolute atomic E-state index is 11.5. The van der Waals surface area contributed by atoms with Gasteiger partial charge in [0.2, 0.25) is 0 Å². The maximum Gasteiger partial charge on any atom is 0.356 e. The van der Waals surface area contributed by atoms with Crippen molar-refractivity contribution < 1.29 is 19.8 Å². The molecule has 0 fully saturated rings. The number of carbonyl (C=O) groups is 2. The standard InChI is InChI=1S/C16H16N2O4/c1-9-4-2-5-10(8-9)14-17-12(16(21)22)13-11(15(19)20)6-3-7-18(13)14/h2,4-5,8,11H,3,6-7H2,1H3,(H,19,20)(H,21,22). The molecule has 2 heterocycles. The van der Waals surface area contributed by atoms with Crippen molar-refractivity contribution in [3.63, 3.8) is 0 Å². The average molecular weight is 300 g/mol. The Morgan fingerprint density at radius 2 is 2.09 bits per heavy atom. The predicted octanol–water partition coefficient (Wildman–Crippen LogP) is 2.52. The summed E-state index contributed by atoms with van der Waals surface area (Å²) in [6.07, 6.45) is 1.13. The molecule has 6 heteroatoms. The molecule has 2 aromatic rings. The van der Waals surface area contributed by atoms with Gasteiger partial charge < -0.3 is 14.8 Å². The quantitative estimate of drug-likeness (QED) is 0.908. The van der Waals surface area contributed by atoms with E-state index in [1.165, 1.54) is 0 Å². The lowest BCUT2D eigenvalue weighted by Gasteiger charge is -2.22. The third-order valence-corrected chi connectivity index (χ3v) is 3.99. The summed E-state index contributed by atoms with van der Waals surface area (Å²) < 4.78 is 1.75. The van der Waals surface area contributed by atoms with Crippen LogP contribution in [0.25, 0.3) is 11.4 Å². The number of aryl methyl sites for hydroxylation is 1. The smallest absolute Gasteiger partial charge is 0.356 e. The first-order valence-corrected chi connectivity index (χ1v) is 7.12. The van der Waals surface area contributed by atoms with Crippen molar-refractivity contribution in [2.45, 2.75) is 32.2 Å². The van der Waals surface area contributed by atoms with Crippen LogP contribution < -0.4 is 0 Å². The van der Waals surface area contributed by atoms with Gasteiger partial charge in [-0.2, -0.15) is 0 Å². The van der Waals surface area contributed by atoms with Gasteiger partial charge in [-0.3, -0.25) is 4.79 Å². The Balaban J connectivity index is 2.24. The molecule has 3 rings (SSSR count). The zero-order valence-electron chi connectivity index (χ0n) is 12.1. The molecule has 0 radical (unpaired) electrons. The number of nitrogens with zero attached hydrogens (tertiary/aromatic N) is 2. The molecule has 6 nitrogen and oxygen atoms in total. The fourth-order valence-corrected chi connectivity index (χ4v) is 3.04. The maximum atomic E-state index is 11.5. The number of rotatable bonds is 3. The van der Waals surface area contributed by atoms with Crippen molar-refractivity contribution in [1.82, 2.24) is 9.55 Å². The van der Waals surface area contributed by atoms with E-state index in [0.29, 0.717) is 30.9 Å². The van der Waals surface area contributed by atoms with E-state index in [1.807, 2.05) is 31.2 Å². The number of carboxylic acids is 2. The molecule has 2 N–H and O–H groups in total. The Morgan fingerprint density at radius 3 is 2.73 bits per heavy atom. The molecular weight excluding hydrogens is 284 g/mol. The topological polar surface area (TPSA) is 92.4 Å². The number of carboxylic acid groups (broad SMARTS) is 2. The Morgan fingerprint density at radius 1 is 1.32 bits per heavy atom. The molecule has 1 aromatic heterocycles. The van der Waals surface area contributed by atoms with Crippen LogP contribution in [0.15, 0.2) is 24.3 Å². The summed E-state index contributed by atoms with van der Waals surface area (Å²) in [5, 5.41) is 18.8. The van der Waals surface area contributed by atoms with Gasteiger partial charge in [-0.05, 0) is 25.8 Å². The van der Waals surface area contributed by atoms with Crippen molar-refractivity contribution in [2.24, 2.45) is 0 Å². The van der Waals surface area contributed by atoms with E-state index in [4.69, 9.17) is 0 Å². The number of hydrogen-bond acceptors (Lipinski definition) is 3. The molecule has 0 amide bonds. The zero-order valence-corrected chi connectivity index (χ0v) is 12.1. The number of aliphatic carboxylic acids is 1. The van der Waals surface area contributed by atoms with E-state index in [1.54, 1.807) is 4.57 Å². The van der Waals surface area contributed by atoms with E-state index >= 15 is 0 Å². The molecular formula is C16H16N2O4. The van der Waals surface area contributed by atoms with Gasteiger partial charge in [0.1, 0.15) is 5.82 Å². The average Bonchev–Trinajstić information content (AvgIpc) is 2.86. The van der Waals surface area contributed by atoms with Gasteiger partial charge in [-0.15, -0.1) is 0 Å². The molecule has 114 valence electrons. The van der Waals surface area contributed by atoms with Crippen LogP contribution in [0.1, 0.15) is 40.5 Å². The fraction of sp³-hybridized carbons (Fsp3) is 0.312. The lowest BCUT2D eigenvalue weighted by atomic mass is 9.94. The van der Waals surface area contributed by atoms with Crippen LogP contribution in [0.4, 0.5) is 0 Å². The Labute approximate surface area is 127 Å². The number of benzene rings is 1. The van der Waals surface area contributed by atoms with Gasteiger partial charge in [0, 0.05) is 12.1 Å². The molecule has 0 bridgehead atoms. The summed E-state index contributed by atoms with van der Waals surface area (Å²) in [6, 6.07) is 7.61. The van der Waals surface area contributed by atoms with Gasteiger partial charge >= 0.3 is 11.9 Å². The molecule has 0 saturated carbocycles. The van der Waals surface area contributed by atoms with Crippen LogP contribution in [-0.4, -0.2) is 31.7 Å². The van der Waals surface area contributed by atoms with Crippen LogP contribution in [0.5, 0.6) is 0 Å². The summed E-state index contributed by atoms with van der Waals surface area (Å²) in [5.41, 5.74) is 2.00. The SMILES string of the molecule is Cc1cccc(-c2nc(C(=O)O)c3n2CCCC3C(=O)O)c1. The summed E-state index contributed by atoms with van der Waals surface area (Å²) in [6.45, 7) is 2.53. The van der Waals surface area contributed by atoms with Crippen LogP contribution >= 0.6 is 0 Å². The number of imidazole rings is 1. The van der Waals surface area contributed by atoms with E-state index in [0.717, 1.165) is 11.1 Å². The highest BCUT2D eigenvalue weighted by atomic mass is 16.4. The second-order valence-corrected chi connectivity index (χ2v) is 5.53. The third kappa shape index (κ3) is 2.26. The van der Waals surface area contributed by atoms with Crippen molar-refractivity contribution in [2.75, 3.05) is 0 Å². The molecule has 0 spiro atoms. The van der Waals surface area contributed by atoms with Gasteiger partial charge in [-0.1, -0.05) is 23.8 Å². The molecule has 1 aliphatic rings. The van der Waals surface area contributed by atoms with Crippen molar-refractivity contribution >= 4 is 11.9 Å². The van der Waals surface area contributed by atoms with E-state index in [9.17, 15) is 19.8 Å². The third-order valence-electron chi connectivity index (χ3n) is 3.99. The number of aromatic carboxylic acids is 1. The Kier molecular flexibility index (Phi) is 3.44. The normalized spacial score (nSPS) is 17.0. The highest BCUT2D eigenvalue weighted by Crippen LogP contribution is 2.35. The number of hydrogen-bond donors (Lipinski definition) is 2. The Hall–Kier alpha value is -2.63. The zero-order chi connectivity index (χ0) is 15.9. The number of fused-ring (bicyclic) bond motifs is 1. The highest BCUT2D eigenvalue weighted by Gasteiger charge is 2.35. The molecule has 0 saturated heterocycles.